The van der Waals surface area contributed by atoms with Gasteiger partial charge < -0.3 is 24.4 Å². The van der Waals surface area contributed by atoms with E-state index in [9.17, 15) is 14.0 Å². The highest BCUT2D eigenvalue weighted by molar-refractivity contribution is 5.81. The van der Waals surface area contributed by atoms with Gasteiger partial charge in [0.2, 0.25) is 17.6 Å². The molecule has 0 aliphatic carbocycles. The molecule has 1 fully saturated rings. The van der Waals surface area contributed by atoms with E-state index in [0.717, 1.165) is 5.56 Å². The van der Waals surface area contributed by atoms with Crippen molar-refractivity contribution in [2.75, 3.05) is 41.0 Å². The number of carbonyl (C=O) groups is 2. The van der Waals surface area contributed by atoms with Crippen molar-refractivity contribution in [3.63, 3.8) is 0 Å². The summed E-state index contributed by atoms with van der Waals surface area (Å²) in [5.41, 5.74) is 1.35. The fraction of sp³-hybridized carbons (Fsp3) is 0.440. The molecule has 8 heteroatoms. The summed E-state index contributed by atoms with van der Waals surface area (Å²) in [4.78, 5) is 27.1. The molecule has 3 rings (SSSR count). The zero-order valence-corrected chi connectivity index (χ0v) is 19.4. The fourth-order valence-electron chi connectivity index (χ4n) is 4.08. The number of halogens is 1. The van der Waals surface area contributed by atoms with Crippen LogP contribution in [0.5, 0.6) is 17.2 Å². The molecule has 0 aromatic heterocycles. The van der Waals surface area contributed by atoms with E-state index in [-0.39, 0.29) is 30.0 Å². The highest BCUT2D eigenvalue weighted by Crippen LogP contribution is 2.38. The Labute approximate surface area is 193 Å². The van der Waals surface area contributed by atoms with Crippen LogP contribution in [0.4, 0.5) is 4.39 Å². The number of nitrogens with one attached hydrogen (secondary N) is 1. The Morgan fingerprint density at radius 1 is 1.03 bits per heavy atom. The average molecular weight is 459 g/mol. The minimum atomic E-state index is -0.259. The normalized spacial score (nSPS) is 14.0. The molecule has 1 aliphatic rings. The summed E-state index contributed by atoms with van der Waals surface area (Å²) in [7, 11) is 4.61. The van der Waals surface area contributed by atoms with Crippen LogP contribution in [-0.4, -0.2) is 57.7 Å². The standard InChI is InChI=1S/C25H31FN2O5/c1-31-21-14-17(15-22(32-2)24(21)33-3)16-23(29)28-12-9-19(10-13-28)25(30)27-11-8-18-6-4-5-7-20(18)26/h4-7,14-15,19H,8-13,16H2,1-3H3,(H,27,30). The Morgan fingerprint density at radius 3 is 2.24 bits per heavy atom. The van der Waals surface area contributed by atoms with Crippen LogP contribution in [0.15, 0.2) is 36.4 Å². The molecular formula is C25H31FN2O5. The SMILES string of the molecule is COc1cc(CC(=O)N2CCC(C(=O)NCCc3ccccc3F)CC2)cc(OC)c1OC. The van der Waals surface area contributed by atoms with Crippen LogP contribution in [0.2, 0.25) is 0 Å². The molecule has 1 saturated heterocycles. The molecule has 33 heavy (non-hydrogen) atoms. The molecule has 0 saturated carbocycles. The third-order valence-electron chi connectivity index (χ3n) is 5.95. The second-order valence-corrected chi connectivity index (χ2v) is 8.00. The highest BCUT2D eigenvalue weighted by atomic mass is 19.1. The summed E-state index contributed by atoms with van der Waals surface area (Å²) < 4.78 is 29.7. The first-order chi connectivity index (χ1) is 16.0. The second-order valence-electron chi connectivity index (χ2n) is 8.00. The van der Waals surface area contributed by atoms with E-state index in [2.05, 4.69) is 5.32 Å². The summed E-state index contributed by atoms with van der Waals surface area (Å²) >= 11 is 0. The van der Waals surface area contributed by atoms with Crippen LogP contribution < -0.4 is 19.5 Å². The largest absolute Gasteiger partial charge is 0.493 e. The van der Waals surface area contributed by atoms with Gasteiger partial charge in [-0.1, -0.05) is 18.2 Å². The Bertz CT molecular complexity index is 948. The predicted molar refractivity (Wildman–Crippen MR) is 122 cm³/mol. The molecule has 0 bridgehead atoms. The van der Waals surface area contributed by atoms with Gasteiger partial charge in [-0.3, -0.25) is 9.59 Å². The number of benzene rings is 2. The molecule has 2 aromatic carbocycles. The first-order valence-electron chi connectivity index (χ1n) is 11.0. The van der Waals surface area contributed by atoms with Gasteiger partial charge in [-0.2, -0.15) is 0 Å². The summed E-state index contributed by atoms with van der Waals surface area (Å²) in [6, 6.07) is 10.1. The molecule has 0 unspecified atom stereocenters. The van der Waals surface area contributed by atoms with Crippen molar-refractivity contribution >= 4 is 11.8 Å². The quantitative estimate of drug-likeness (QED) is 0.625. The average Bonchev–Trinajstić information content (AvgIpc) is 2.84. The Morgan fingerprint density at radius 2 is 1.67 bits per heavy atom. The minimum absolute atomic E-state index is 0.0114. The third kappa shape index (κ3) is 6.15. The van der Waals surface area contributed by atoms with Gasteiger partial charge in [0, 0.05) is 25.6 Å². The smallest absolute Gasteiger partial charge is 0.226 e. The van der Waals surface area contributed by atoms with Crippen molar-refractivity contribution in [2.45, 2.75) is 25.7 Å². The van der Waals surface area contributed by atoms with Crippen LogP contribution >= 0.6 is 0 Å². The van der Waals surface area contributed by atoms with Crippen molar-refractivity contribution < 1.29 is 28.2 Å². The van der Waals surface area contributed by atoms with Gasteiger partial charge in [0.25, 0.3) is 0 Å². The number of piperidine rings is 1. The van der Waals surface area contributed by atoms with Gasteiger partial charge in [0.05, 0.1) is 27.8 Å². The molecule has 1 N–H and O–H groups in total. The highest BCUT2D eigenvalue weighted by Gasteiger charge is 2.27. The van der Waals surface area contributed by atoms with Crippen LogP contribution in [0, 0.1) is 11.7 Å². The molecule has 7 nitrogen and oxygen atoms in total. The minimum Gasteiger partial charge on any atom is -0.493 e. The number of rotatable bonds is 9. The number of amides is 2. The lowest BCUT2D eigenvalue weighted by atomic mass is 9.95. The maximum atomic E-state index is 13.7. The first-order valence-corrected chi connectivity index (χ1v) is 11.0. The van der Waals surface area contributed by atoms with E-state index < -0.39 is 0 Å². The molecule has 0 spiro atoms. The summed E-state index contributed by atoms with van der Waals surface area (Å²) in [6.45, 7) is 1.43. The van der Waals surface area contributed by atoms with Crippen molar-refractivity contribution in [2.24, 2.45) is 5.92 Å². The molecule has 1 heterocycles. The zero-order chi connectivity index (χ0) is 23.8. The van der Waals surface area contributed by atoms with E-state index in [1.165, 1.54) is 27.4 Å². The number of likely N-dealkylation sites (tertiary alicyclic amines) is 1. The van der Waals surface area contributed by atoms with E-state index in [4.69, 9.17) is 14.2 Å². The fourth-order valence-corrected chi connectivity index (χ4v) is 4.08. The topological polar surface area (TPSA) is 77.1 Å². The zero-order valence-electron chi connectivity index (χ0n) is 19.4. The number of nitrogens with zero attached hydrogens (tertiary/aromatic N) is 1. The van der Waals surface area contributed by atoms with Crippen LogP contribution in [0.1, 0.15) is 24.0 Å². The molecule has 0 atom stereocenters. The van der Waals surface area contributed by atoms with E-state index in [0.29, 0.717) is 61.7 Å². The number of carbonyl (C=O) groups excluding carboxylic acids is 2. The Hall–Kier alpha value is -3.29. The van der Waals surface area contributed by atoms with Gasteiger partial charge in [0.15, 0.2) is 11.5 Å². The van der Waals surface area contributed by atoms with Crippen LogP contribution in [0.3, 0.4) is 0 Å². The Balaban J connectivity index is 1.49. The maximum absolute atomic E-state index is 13.7. The molecule has 2 amide bonds. The lowest BCUT2D eigenvalue weighted by Gasteiger charge is -2.31. The number of hydrogen-bond acceptors (Lipinski definition) is 5. The lowest BCUT2D eigenvalue weighted by molar-refractivity contribution is -0.135. The number of methoxy groups -OCH3 is 3. The van der Waals surface area contributed by atoms with Crippen LogP contribution in [-0.2, 0) is 22.4 Å². The van der Waals surface area contributed by atoms with Crippen LogP contribution in [0.25, 0.3) is 0 Å². The molecular weight excluding hydrogens is 427 g/mol. The first kappa shape index (κ1) is 24.4. The number of hydrogen-bond donors (Lipinski definition) is 1. The summed E-state index contributed by atoms with van der Waals surface area (Å²) in [6.07, 6.45) is 1.86. The summed E-state index contributed by atoms with van der Waals surface area (Å²) in [5, 5.41) is 2.90. The van der Waals surface area contributed by atoms with Crippen molar-refractivity contribution in [3.8, 4) is 17.2 Å². The van der Waals surface area contributed by atoms with Gasteiger partial charge >= 0.3 is 0 Å². The van der Waals surface area contributed by atoms with Crippen molar-refractivity contribution in [1.82, 2.24) is 10.2 Å². The van der Waals surface area contributed by atoms with Gasteiger partial charge in [-0.05, 0) is 48.6 Å². The van der Waals surface area contributed by atoms with Crippen molar-refractivity contribution in [3.05, 3.63) is 53.3 Å². The van der Waals surface area contributed by atoms with E-state index >= 15 is 0 Å². The van der Waals surface area contributed by atoms with Gasteiger partial charge in [-0.25, -0.2) is 4.39 Å². The third-order valence-corrected chi connectivity index (χ3v) is 5.95. The monoisotopic (exact) mass is 458 g/mol. The van der Waals surface area contributed by atoms with E-state index in [1.807, 2.05) is 0 Å². The molecule has 1 aliphatic heterocycles. The molecule has 0 radical (unpaired) electrons. The Kier molecular flexibility index (Phi) is 8.52. The maximum Gasteiger partial charge on any atom is 0.226 e. The lowest BCUT2D eigenvalue weighted by Crippen LogP contribution is -2.43. The number of ether oxygens (including phenoxy) is 3. The van der Waals surface area contributed by atoms with Gasteiger partial charge in [-0.15, -0.1) is 0 Å². The molecule has 178 valence electrons. The summed E-state index contributed by atoms with van der Waals surface area (Å²) in [5.74, 6) is 1.04. The predicted octanol–water partition coefficient (Wildman–Crippen LogP) is 2.99. The second kappa shape index (κ2) is 11.5. The van der Waals surface area contributed by atoms with Crippen molar-refractivity contribution in [1.29, 1.82) is 0 Å². The van der Waals surface area contributed by atoms with E-state index in [1.54, 1.807) is 35.2 Å². The van der Waals surface area contributed by atoms with Gasteiger partial charge in [0.1, 0.15) is 5.82 Å². The molecule has 2 aromatic rings.